The number of rotatable bonds is 6. The predicted octanol–water partition coefficient (Wildman–Crippen LogP) is 2.95. The van der Waals surface area contributed by atoms with Crippen molar-refractivity contribution in [2.75, 3.05) is 20.1 Å². The topological polar surface area (TPSA) is 106 Å². The van der Waals surface area contributed by atoms with Gasteiger partial charge in [-0.2, -0.15) is 0 Å². The molecule has 1 aliphatic carbocycles. The van der Waals surface area contributed by atoms with Gasteiger partial charge in [0.15, 0.2) is 0 Å². The molecule has 2 aromatic rings. The summed E-state index contributed by atoms with van der Waals surface area (Å²) in [5, 5.41) is 4.24. The Morgan fingerprint density at radius 3 is 2.63 bits per heavy atom. The Labute approximate surface area is 241 Å². The van der Waals surface area contributed by atoms with E-state index in [2.05, 4.69) is 39.6 Å². The molecule has 1 aromatic carbocycles. The number of fused-ring (bicyclic) bond motifs is 3. The third-order valence-corrected chi connectivity index (χ3v) is 9.85. The Balaban J connectivity index is 1.29. The van der Waals surface area contributed by atoms with Gasteiger partial charge in [0.05, 0.1) is 5.92 Å². The van der Waals surface area contributed by atoms with Gasteiger partial charge < -0.3 is 15.2 Å². The van der Waals surface area contributed by atoms with Crippen LogP contribution < -0.4 is 5.32 Å². The first-order valence-electron chi connectivity index (χ1n) is 15.1. The predicted molar refractivity (Wildman–Crippen MR) is 156 cm³/mol. The van der Waals surface area contributed by atoms with E-state index < -0.39 is 30.0 Å². The summed E-state index contributed by atoms with van der Waals surface area (Å²) in [5.74, 6) is -2.06. The van der Waals surface area contributed by atoms with E-state index in [1.165, 1.54) is 15.8 Å². The van der Waals surface area contributed by atoms with Crippen LogP contribution in [0.25, 0.3) is 16.5 Å². The molecule has 9 nitrogen and oxygen atoms in total. The van der Waals surface area contributed by atoms with Crippen LogP contribution in [0.4, 0.5) is 0 Å². The van der Waals surface area contributed by atoms with E-state index in [-0.39, 0.29) is 35.6 Å². The van der Waals surface area contributed by atoms with Crippen molar-refractivity contribution in [1.29, 1.82) is 0 Å². The third-order valence-electron chi connectivity index (χ3n) is 9.85. The minimum absolute atomic E-state index is 0.149. The summed E-state index contributed by atoms with van der Waals surface area (Å²) in [4.78, 5) is 63.7. The molecule has 2 saturated heterocycles. The van der Waals surface area contributed by atoms with Crippen LogP contribution in [-0.2, 0) is 25.6 Å². The van der Waals surface area contributed by atoms with E-state index in [0.717, 1.165) is 29.5 Å². The maximum absolute atomic E-state index is 14.2. The fraction of sp³-hybridized carbons (Fsp3) is 0.562. The largest absolute Gasteiger partial charge is 0.361 e. The normalized spacial score (nSPS) is 27.5. The van der Waals surface area contributed by atoms with Crippen LogP contribution in [0, 0.1) is 17.8 Å². The van der Waals surface area contributed by atoms with Crippen molar-refractivity contribution in [1.82, 2.24) is 25.0 Å². The summed E-state index contributed by atoms with van der Waals surface area (Å²) in [6, 6.07) is 4.07. The zero-order valence-electron chi connectivity index (χ0n) is 24.6. The Hall–Kier alpha value is -3.46. The molecule has 3 aliphatic heterocycles. The zero-order chi connectivity index (χ0) is 29.2. The highest BCUT2D eigenvalue weighted by Crippen LogP contribution is 2.41. The molecule has 6 rings (SSSR count). The molecule has 0 radical (unpaired) electrons. The number of nitrogens with one attached hydrogen (secondary N) is 2. The van der Waals surface area contributed by atoms with Gasteiger partial charge in [0, 0.05) is 36.2 Å². The standard InChI is InChI=1S/C32H41N5O4/c1-6-18(4)28-32(41)36-12-8-11-24(36)30(39)37(28)31(40)27(17(2)3)34-29(38)20-13-22-21-9-7-10-23-26(21)19(15-33-23)14-25(22)35(5)16-20/h7,9-10,13,15,17-18,20,24-25,27-28,33H,6,8,11-12,14,16H2,1-5H3,(H,34,38)/t18-,20+,24-,25+,27-,28-/m0/s1. The Morgan fingerprint density at radius 2 is 1.90 bits per heavy atom. The van der Waals surface area contributed by atoms with Crippen molar-refractivity contribution >= 4 is 40.1 Å². The average Bonchev–Trinajstić information content (AvgIpc) is 3.62. The summed E-state index contributed by atoms with van der Waals surface area (Å²) in [7, 11) is 2.04. The molecule has 0 unspecified atom stereocenters. The van der Waals surface area contributed by atoms with Crippen molar-refractivity contribution in [3.8, 4) is 0 Å². The number of hydrogen-bond acceptors (Lipinski definition) is 5. The Bertz CT molecular complexity index is 1440. The summed E-state index contributed by atoms with van der Waals surface area (Å²) in [6.07, 6.45) is 7.01. The Kier molecular flexibility index (Phi) is 7.04. The molecule has 1 aromatic heterocycles. The first-order chi connectivity index (χ1) is 19.6. The Morgan fingerprint density at radius 1 is 1.12 bits per heavy atom. The molecule has 6 atom stereocenters. The maximum Gasteiger partial charge on any atom is 0.252 e. The van der Waals surface area contributed by atoms with Gasteiger partial charge >= 0.3 is 0 Å². The van der Waals surface area contributed by atoms with Crippen LogP contribution in [-0.4, -0.2) is 87.6 Å². The van der Waals surface area contributed by atoms with E-state index in [9.17, 15) is 19.2 Å². The van der Waals surface area contributed by atoms with Gasteiger partial charge in [-0.3, -0.25) is 29.0 Å². The molecule has 0 spiro atoms. The highest BCUT2D eigenvalue weighted by molar-refractivity contribution is 6.09. The molecular weight excluding hydrogens is 518 g/mol. The molecule has 0 bridgehead atoms. The van der Waals surface area contributed by atoms with E-state index in [1.54, 1.807) is 4.90 Å². The van der Waals surface area contributed by atoms with Crippen molar-refractivity contribution < 1.29 is 19.2 Å². The number of amides is 4. The van der Waals surface area contributed by atoms with Crippen molar-refractivity contribution in [2.45, 2.75) is 77.5 Å². The number of benzene rings is 1. The van der Waals surface area contributed by atoms with Crippen molar-refractivity contribution in [3.05, 3.63) is 41.6 Å². The number of carbonyl (C=O) groups excluding carboxylic acids is 4. The van der Waals surface area contributed by atoms with E-state index >= 15 is 0 Å². The summed E-state index contributed by atoms with van der Waals surface area (Å²) >= 11 is 0. The summed E-state index contributed by atoms with van der Waals surface area (Å²) in [6.45, 7) is 8.70. The molecule has 0 saturated carbocycles. The zero-order valence-corrected chi connectivity index (χ0v) is 24.6. The molecule has 2 fully saturated rings. The lowest BCUT2D eigenvalue weighted by Crippen LogP contribution is -2.68. The number of H-pyrrole nitrogens is 1. The number of imide groups is 1. The number of hydrogen-bond donors (Lipinski definition) is 2. The number of likely N-dealkylation sites (N-methyl/N-ethyl adjacent to an activating group) is 1. The number of carbonyl (C=O) groups is 4. The van der Waals surface area contributed by atoms with E-state index in [0.29, 0.717) is 25.9 Å². The summed E-state index contributed by atoms with van der Waals surface area (Å²) in [5.41, 5.74) is 4.66. The first kappa shape index (κ1) is 27.7. The lowest BCUT2D eigenvalue weighted by Gasteiger charge is -2.45. The molecule has 9 heteroatoms. The molecule has 41 heavy (non-hydrogen) atoms. The quantitative estimate of drug-likeness (QED) is 0.566. The number of aromatic amines is 1. The van der Waals surface area contributed by atoms with Crippen LogP contribution in [0.5, 0.6) is 0 Å². The van der Waals surface area contributed by atoms with Gasteiger partial charge in [-0.25, -0.2) is 0 Å². The van der Waals surface area contributed by atoms with Gasteiger partial charge in [-0.05, 0) is 60.9 Å². The van der Waals surface area contributed by atoms with Gasteiger partial charge in [-0.15, -0.1) is 0 Å². The SMILES string of the molecule is CC[C@H](C)[C@H]1C(=O)N2CCC[C@H]2C(=O)N1C(=O)[C@@H](NC(=O)[C@@H]1C=C2c3cccc4[nH]cc(c34)C[C@H]2N(C)C1)C(C)C. The fourth-order valence-electron chi connectivity index (χ4n) is 7.37. The molecule has 2 N–H and O–H groups in total. The molecule has 4 aliphatic rings. The minimum Gasteiger partial charge on any atom is -0.361 e. The third kappa shape index (κ3) is 4.40. The van der Waals surface area contributed by atoms with Crippen LogP contribution in [0.3, 0.4) is 0 Å². The van der Waals surface area contributed by atoms with Gasteiger partial charge in [0.25, 0.3) is 11.8 Å². The highest BCUT2D eigenvalue weighted by Gasteiger charge is 2.53. The second kappa shape index (κ2) is 10.4. The molecule has 4 heterocycles. The lowest BCUT2D eigenvalue weighted by molar-refractivity contribution is -0.169. The highest BCUT2D eigenvalue weighted by atomic mass is 16.2. The molecule has 4 amide bonds. The average molecular weight is 560 g/mol. The van der Waals surface area contributed by atoms with Crippen LogP contribution in [0.15, 0.2) is 30.5 Å². The molecule has 218 valence electrons. The maximum atomic E-state index is 14.2. The van der Waals surface area contributed by atoms with Crippen LogP contribution >= 0.6 is 0 Å². The second-order valence-electron chi connectivity index (χ2n) is 12.7. The lowest BCUT2D eigenvalue weighted by atomic mass is 9.79. The smallest absolute Gasteiger partial charge is 0.252 e. The van der Waals surface area contributed by atoms with Gasteiger partial charge in [0.2, 0.25) is 11.8 Å². The van der Waals surface area contributed by atoms with Gasteiger partial charge in [-0.1, -0.05) is 52.3 Å². The van der Waals surface area contributed by atoms with Crippen molar-refractivity contribution in [2.24, 2.45) is 17.8 Å². The number of piperazine rings is 1. The first-order valence-corrected chi connectivity index (χ1v) is 15.1. The number of aromatic nitrogens is 1. The van der Waals surface area contributed by atoms with Crippen molar-refractivity contribution in [3.63, 3.8) is 0 Å². The van der Waals surface area contributed by atoms with Crippen LogP contribution in [0.2, 0.25) is 0 Å². The number of nitrogens with zero attached hydrogens (tertiary/aromatic N) is 3. The monoisotopic (exact) mass is 559 g/mol. The van der Waals surface area contributed by atoms with Gasteiger partial charge in [0.1, 0.15) is 18.1 Å². The van der Waals surface area contributed by atoms with E-state index in [4.69, 9.17) is 0 Å². The minimum atomic E-state index is -0.911. The summed E-state index contributed by atoms with van der Waals surface area (Å²) < 4.78 is 0. The second-order valence-corrected chi connectivity index (χ2v) is 12.7. The van der Waals surface area contributed by atoms with Crippen LogP contribution in [0.1, 0.15) is 58.1 Å². The fourth-order valence-corrected chi connectivity index (χ4v) is 7.37. The molecular formula is C32H41N5O4. The van der Waals surface area contributed by atoms with E-state index in [1.807, 2.05) is 40.8 Å².